The van der Waals surface area contributed by atoms with Gasteiger partial charge in [-0.3, -0.25) is 14.9 Å². The number of nitrogens with zero attached hydrogens (tertiary/aromatic N) is 1. The van der Waals surface area contributed by atoms with Crippen molar-refractivity contribution in [1.82, 2.24) is 10.2 Å². The molecule has 6 N–H and O–H groups in total. The lowest BCUT2D eigenvalue weighted by Crippen LogP contribution is -2.50. The van der Waals surface area contributed by atoms with Gasteiger partial charge in [-0.05, 0) is 6.92 Å². The molecule has 86 valence electrons. The van der Waals surface area contributed by atoms with Crippen molar-refractivity contribution in [3.63, 3.8) is 0 Å². The number of amides is 1. The molecule has 2 unspecified atom stereocenters. The van der Waals surface area contributed by atoms with Crippen molar-refractivity contribution in [3.05, 3.63) is 0 Å². The van der Waals surface area contributed by atoms with E-state index in [9.17, 15) is 9.59 Å². The predicted octanol–water partition coefficient (Wildman–Crippen LogP) is -2.50. The Kier molecular flexibility index (Phi) is 3.61. The van der Waals surface area contributed by atoms with Gasteiger partial charge in [0.2, 0.25) is 5.91 Å². The van der Waals surface area contributed by atoms with Crippen LogP contribution in [0.1, 0.15) is 6.92 Å². The molecule has 1 aliphatic heterocycles. The van der Waals surface area contributed by atoms with Crippen LogP contribution in [0.2, 0.25) is 0 Å². The van der Waals surface area contributed by atoms with Gasteiger partial charge in [-0.15, -0.1) is 0 Å². The molecule has 1 fully saturated rings. The van der Waals surface area contributed by atoms with Crippen LogP contribution in [0.5, 0.6) is 0 Å². The van der Waals surface area contributed by atoms with Crippen LogP contribution >= 0.6 is 0 Å². The molecule has 1 saturated heterocycles. The molecule has 1 rings (SSSR count). The molecule has 0 aromatic heterocycles. The highest BCUT2D eigenvalue weighted by Gasteiger charge is 2.40. The average Bonchev–Trinajstić information content (AvgIpc) is 2.43. The van der Waals surface area contributed by atoms with E-state index in [0.29, 0.717) is 0 Å². The molecule has 0 saturated carbocycles. The number of carboxylic acid groups (broad SMARTS) is 1. The normalized spacial score (nSPS) is 28.2. The number of hydrogen-bond acceptors (Lipinski definition) is 5. The summed E-state index contributed by atoms with van der Waals surface area (Å²) in [5.74, 6) is -1.37. The number of nitrogens with two attached hydrogens (primary N) is 2. The van der Waals surface area contributed by atoms with Crippen molar-refractivity contribution in [1.29, 1.82) is 0 Å². The molecular formula is C8H16N4O3. The van der Waals surface area contributed by atoms with Gasteiger partial charge in [0, 0.05) is 12.6 Å². The molecular weight excluding hydrogens is 200 g/mol. The smallest absolute Gasteiger partial charge is 0.323 e. The molecule has 1 amide bonds. The van der Waals surface area contributed by atoms with E-state index >= 15 is 0 Å². The van der Waals surface area contributed by atoms with Crippen molar-refractivity contribution in [2.45, 2.75) is 25.2 Å². The standard InChI is InChI=1S/C8H16N4O3/c1-4(10)7-11-5(2-9)8(15)12(7)3-6(13)14/h4-5,7,11H,2-3,9-10H2,1H3,(H,13,14)/t4-,5?,7?/m0/s1. The summed E-state index contributed by atoms with van der Waals surface area (Å²) in [6.07, 6.45) is -0.456. The molecule has 0 spiro atoms. The van der Waals surface area contributed by atoms with E-state index in [2.05, 4.69) is 5.32 Å². The highest BCUT2D eigenvalue weighted by atomic mass is 16.4. The van der Waals surface area contributed by atoms with E-state index in [1.54, 1.807) is 6.92 Å². The van der Waals surface area contributed by atoms with Gasteiger partial charge in [0.05, 0.1) is 6.17 Å². The Labute approximate surface area is 87.4 Å². The largest absolute Gasteiger partial charge is 0.480 e. The van der Waals surface area contributed by atoms with Gasteiger partial charge in [-0.1, -0.05) is 0 Å². The first-order chi connectivity index (χ1) is 6.97. The molecule has 0 radical (unpaired) electrons. The zero-order chi connectivity index (χ0) is 11.6. The third-order valence-electron chi connectivity index (χ3n) is 2.33. The van der Waals surface area contributed by atoms with Crippen LogP contribution in [-0.4, -0.2) is 53.2 Å². The molecule has 15 heavy (non-hydrogen) atoms. The highest BCUT2D eigenvalue weighted by Crippen LogP contribution is 2.11. The Morgan fingerprint density at radius 2 is 2.33 bits per heavy atom. The van der Waals surface area contributed by atoms with E-state index in [0.717, 1.165) is 0 Å². The van der Waals surface area contributed by atoms with Crippen LogP contribution in [0.15, 0.2) is 0 Å². The summed E-state index contributed by atoms with van der Waals surface area (Å²) in [7, 11) is 0. The fraction of sp³-hybridized carbons (Fsp3) is 0.750. The lowest BCUT2D eigenvalue weighted by Gasteiger charge is -2.25. The minimum atomic E-state index is -1.06. The molecule has 7 nitrogen and oxygen atoms in total. The maximum Gasteiger partial charge on any atom is 0.323 e. The molecule has 0 aromatic rings. The van der Waals surface area contributed by atoms with Gasteiger partial charge in [-0.25, -0.2) is 0 Å². The zero-order valence-corrected chi connectivity index (χ0v) is 8.51. The summed E-state index contributed by atoms with van der Waals surface area (Å²) in [4.78, 5) is 23.4. The predicted molar refractivity (Wildman–Crippen MR) is 52.8 cm³/mol. The van der Waals surface area contributed by atoms with E-state index in [-0.39, 0.29) is 25.0 Å². The maximum atomic E-state index is 11.7. The van der Waals surface area contributed by atoms with E-state index in [1.165, 1.54) is 4.90 Å². The molecule has 0 aliphatic carbocycles. The molecule has 7 heteroatoms. The second-order valence-corrected chi connectivity index (χ2v) is 3.62. The Bertz CT molecular complexity index is 269. The van der Waals surface area contributed by atoms with Crippen molar-refractivity contribution in [2.75, 3.05) is 13.1 Å². The van der Waals surface area contributed by atoms with Crippen molar-refractivity contribution < 1.29 is 14.7 Å². The van der Waals surface area contributed by atoms with Gasteiger partial charge < -0.3 is 21.5 Å². The van der Waals surface area contributed by atoms with Crippen LogP contribution in [0, 0.1) is 0 Å². The summed E-state index contributed by atoms with van der Waals surface area (Å²) in [5, 5.41) is 11.6. The van der Waals surface area contributed by atoms with E-state index in [1.807, 2.05) is 0 Å². The van der Waals surface area contributed by atoms with Crippen molar-refractivity contribution in [2.24, 2.45) is 11.5 Å². The molecule has 0 aromatic carbocycles. The minimum Gasteiger partial charge on any atom is -0.480 e. The number of aliphatic carboxylic acids is 1. The van der Waals surface area contributed by atoms with E-state index < -0.39 is 18.2 Å². The summed E-state index contributed by atoms with van der Waals surface area (Å²) >= 11 is 0. The second kappa shape index (κ2) is 4.56. The van der Waals surface area contributed by atoms with Gasteiger partial charge in [0.1, 0.15) is 12.6 Å². The van der Waals surface area contributed by atoms with Gasteiger partial charge in [0.25, 0.3) is 0 Å². The fourth-order valence-corrected chi connectivity index (χ4v) is 1.63. The Hall–Kier alpha value is -1.18. The van der Waals surface area contributed by atoms with Gasteiger partial charge in [0.15, 0.2) is 0 Å². The van der Waals surface area contributed by atoms with Crippen LogP contribution < -0.4 is 16.8 Å². The summed E-state index contributed by atoms with van der Waals surface area (Å²) in [5.41, 5.74) is 11.0. The Balaban J connectivity index is 2.78. The maximum absolute atomic E-state index is 11.7. The molecule has 3 atom stereocenters. The monoisotopic (exact) mass is 216 g/mol. The zero-order valence-electron chi connectivity index (χ0n) is 8.51. The third-order valence-corrected chi connectivity index (χ3v) is 2.33. The lowest BCUT2D eigenvalue weighted by molar-refractivity contribution is -0.144. The van der Waals surface area contributed by atoms with Crippen LogP contribution in [0.3, 0.4) is 0 Å². The lowest BCUT2D eigenvalue weighted by atomic mass is 10.2. The Morgan fingerprint density at radius 1 is 1.73 bits per heavy atom. The first kappa shape index (κ1) is 11.9. The molecule has 1 aliphatic rings. The number of hydrogen-bond donors (Lipinski definition) is 4. The van der Waals surface area contributed by atoms with Crippen molar-refractivity contribution in [3.8, 4) is 0 Å². The van der Waals surface area contributed by atoms with Gasteiger partial charge >= 0.3 is 5.97 Å². The number of rotatable bonds is 4. The Morgan fingerprint density at radius 3 is 2.73 bits per heavy atom. The molecule has 0 bridgehead atoms. The summed E-state index contributed by atoms with van der Waals surface area (Å²) in [6.45, 7) is 1.49. The first-order valence-electron chi connectivity index (χ1n) is 4.71. The van der Waals surface area contributed by atoms with Crippen molar-refractivity contribution >= 4 is 11.9 Å². The first-order valence-corrected chi connectivity index (χ1v) is 4.71. The minimum absolute atomic E-state index is 0.137. The average molecular weight is 216 g/mol. The number of carboxylic acids is 1. The summed E-state index contributed by atoms with van der Waals surface area (Å²) < 4.78 is 0. The van der Waals surface area contributed by atoms with Gasteiger partial charge in [-0.2, -0.15) is 0 Å². The fourth-order valence-electron chi connectivity index (χ4n) is 1.63. The quantitative estimate of drug-likeness (QED) is 0.412. The molecule has 1 heterocycles. The van der Waals surface area contributed by atoms with Crippen LogP contribution in [0.25, 0.3) is 0 Å². The third kappa shape index (κ3) is 2.44. The van der Waals surface area contributed by atoms with Crippen LogP contribution in [0.4, 0.5) is 0 Å². The van der Waals surface area contributed by atoms with E-state index in [4.69, 9.17) is 16.6 Å². The SMILES string of the molecule is C[C@H](N)C1NC(CN)C(=O)N1CC(=O)O. The number of nitrogens with one attached hydrogen (secondary N) is 1. The number of carbonyl (C=O) groups is 2. The second-order valence-electron chi connectivity index (χ2n) is 3.62. The highest BCUT2D eigenvalue weighted by molar-refractivity contribution is 5.87. The van der Waals surface area contributed by atoms with Crippen LogP contribution in [-0.2, 0) is 9.59 Å². The number of carbonyl (C=O) groups excluding carboxylic acids is 1. The summed E-state index contributed by atoms with van der Waals surface area (Å²) in [6, 6.07) is -0.870. The topological polar surface area (TPSA) is 122 Å².